The number of aliphatic hydroxyl groups excluding tert-OH is 1. The molecule has 0 bridgehead atoms. The second-order valence-corrected chi connectivity index (χ2v) is 5.47. The Morgan fingerprint density at radius 3 is 2.59 bits per heavy atom. The fourth-order valence-corrected chi connectivity index (χ4v) is 1.90. The molecule has 1 amide bonds. The van der Waals surface area contributed by atoms with Crippen LogP contribution in [-0.4, -0.2) is 55.4 Å². The van der Waals surface area contributed by atoms with Crippen LogP contribution < -0.4 is 4.74 Å². The highest BCUT2D eigenvalue weighted by Gasteiger charge is 2.28. The van der Waals surface area contributed by atoms with E-state index in [1.165, 1.54) is 4.90 Å². The number of benzene rings is 1. The fourth-order valence-electron chi connectivity index (χ4n) is 1.90. The van der Waals surface area contributed by atoms with Crippen molar-refractivity contribution in [3.8, 4) is 17.6 Å². The first-order valence-corrected chi connectivity index (χ1v) is 7.26. The molecule has 0 radical (unpaired) electrons. The van der Waals surface area contributed by atoms with Gasteiger partial charge in [-0.15, -0.1) is 0 Å². The Morgan fingerprint density at radius 2 is 2.00 bits per heavy atom. The quantitative estimate of drug-likeness (QED) is 0.652. The number of carbonyl (C=O) groups is 1. The van der Waals surface area contributed by atoms with Crippen molar-refractivity contribution in [3.63, 3.8) is 0 Å². The van der Waals surface area contributed by atoms with Crippen LogP contribution in [0.4, 0.5) is 0 Å². The first-order chi connectivity index (χ1) is 10.5. The Balaban J connectivity index is 1.72. The maximum Gasteiger partial charge on any atom is 0.248 e. The Morgan fingerprint density at radius 1 is 1.32 bits per heavy atom. The molecule has 1 aromatic rings. The molecule has 5 heteroatoms. The van der Waals surface area contributed by atoms with Gasteiger partial charge in [-0.25, -0.2) is 0 Å². The number of amides is 1. The molecule has 0 saturated heterocycles. The van der Waals surface area contributed by atoms with Crippen molar-refractivity contribution in [2.75, 3.05) is 27.3 Å². The molecule has 0 aromatic heterocycles. The fraction of sp³-hybridized carbons (Fsp3) is 0.471. The summed E-state index contributed by atoms with van der Waals surface area (Å²) in [6.07, 6.45) is 1.30. The average molecular weight is 303 g/mol. The third-order valence-corrected chi connectivity index (χ3v) is 3.36. The number of hydrogen-bond donors (Lipinski definition) is 1. The summed E-state index contributed by atoms with van der Waals surface area (Å²) in [4.78, 5) is 12.8. The predicted molar refractivity (Wildman–Crippen MR) is 82.5 cm³/mol. The van der Waals surface area contributed by atoms with Crippen molar-refractivity contribution >= 4 is 5.91 Å². The topological polar surface area (TPSA) is 59.0 Å². The van der Waals surface area contributed by atoms with Crippen molar-refractivity contribution in [2.45, 2.75) is 25.0 Å². The van der Waals surface area contributed by atoms with E-state index in [9.17, 15) is 9.90 Å². The van der Waals surface area contributed by atoms with Gasteiger partial charge < -0.3 is 19.5 Å². The van der Waals surface area contributed by atoms with Crippen LogP contribution in [0.1, 0.15) is 18.4 Å². The summed E-state index contributed by atoms with van der Waals surface area (Å²) < 4.78 is 10.9. The van der Waals surface area contributed by atoms with E-state index < -0.39 is 0 Å². The van der Waals surface area contributed by atoms with E-state index in [-0.39, 0.29) is 31.3 Å². The lowest BCUT2D eigenvalue weighted by Crippen LogP contribution is -2.37. The average Bonchev–Trinajstić information content (AvgIpc) is 2.46. The monoisotopic (exact) mass is 303 g/mol. The van der Waals surface area contributed by atoms with Gasteiger partial charge in [0.2, 0.25) is 5.91 Å². The van der Waals surface area contributed by atoms with Gasteiger partial charge in [0, 0.05) is 32.5 Å². The van der Waals surface area contributed by atoms with Crippen LogP contribution in [0.5, 0.6) is 5.75 Å². The molecule has 0 aliphatic heterocycles. The first-order valence-electron chi connectivity index (χ1n) is 7.26. The number of aliphatic hydroxyl groups is 1. The third-order valence-electron chi connectivity index (χ3n) is 3.36. The highest BCUT2D eigenvalue weighted by Crippen LogP contribution is 2.25. The lowest BCUT2D eigenvalue weighted by molar-refractivity contribution is -0.133. The molecule has 5 nitrogen and oxygen atoms in total. The maximum absolute atomic E-state index is 11.3. The Bertz CT molecular complexity index is 550. The van der Waals surface area contributed by atoms with Crippen LogP contribution >= 0.6 is 0 Å². The molecular formula is C17H21NO4. The largest absolute Gasteiger partial charge is 0.490 e. The van der Waals surface area contributed by atoms with Crippen LogP contribution in [0.3, 0.4) is 0 Å². The second kappa shape index (κ2) is 7.83. The highest BCUT2D eigenvalue weighted by molar-refractivity contribution is 5.76. The molecule has 1 fully saturated rings. The number of hydrogen-bond acceptors (Lipinski definition) is 4. The molecule has 1 aliphatic carbocycles. The Kier molecular flexibility index (Phi) is 5.82. The minimum absolute atomic E-state index is 0.0434. The van der Waals surface area contributed by atoms with Crippen molar-refractivity contribution < 1.29 is 19.4 Å². The van der Waals surface area contributed by atoms with Crippen LogP contribution in [0, 0.1) is 11.8 Å². The summed E-state index contributed by atoms with van der Waals surface area (Å²) in [5, 5.41) is 9.21. The van der Waals surface area contributed by atoms with Gasteiger partial charge in [0.1, 0.15) is 25.1 Å². The molecule has 22 heavy (non-hydrogen) atoms. The van der Waals surface area contributed by atoms with E-state index in [2.05, 4.69) is 11.8 Å². The van der Waals surface area contributed by atoms with Crippen molar-refractivity contribution in [1.82, 2.24) is 4.90 Å². The number of rotatable bonds is 5. The van der Waals surface area contributed by atoms with E-state index in [0.717, 1.165) is 11.3 Å². The smallest absolute Gasteiger partial charge is 0.248 e. The number of likely N-dealkylation sites (N-methyl/N-ethyl adjacent to an activating group) is 1. The molecule has 0 spiro atoms. The van der Waals surface area contributed by atoms with Crippen LogP contribution in [0.25, 0.3) is 0 Å². The van der Waals surface area contributed by atoms with E-state index >= 15 is 0 Å². The summed E-state index contributed by atoms with van der Waals surface area (Å²) in [5.74, 6) is 6.54. The second-order valence-electron chi connectivity index (χ2n) is 5.47. The molecule has 0 heterocycles. The van der Waals surface area contributed by atoms with Crippen molar-refractivity contribution in [1.29, 1.82) is 0 Å². The molecule has 0 atom stereocenters. The zero-order valence-corrected chi connectivity index (χ0v) is 12.9. The summed E-state index contributed by atoms with van der Waals surface area (Å²) >= 11 is 0. The molecule has 0 unspecified atom stereocenters. The highest BCUT2D eigenvalue weighted by atomic mass is 16.5. The predicted octanol–water partition coefficient (Wildman–Crippen LogP) is 1.04. The summed E-state index contributed by atoms with van der Waals surface area (Å²) in [6.45, 7) is 0.263. The lowest BCUT2D eigenvalue weighted by Gasteiger charge is -2.31. The minimum atomic E-state index is -0.213. The number of nitrogens with zero attached hydrogens (tertiary/aromatic N) is 1. The van der Waals surface area contributed by atoms with Gasteiger partial charge in [-0.05, 0) is 24.3 Å². The third kappa shape index (κ3) is 5.06. The van der Waals surface area contributed by atoms with Gasteiger partial charge in [0.25, 0.3) is 0 Å². The Hall–Kier alpha value is -2.03. The zero-order chi connectivity index (χ0) is 15.9. The van der Waals surface area contributed by atoms with Crippen LogP contribution in [0.2, 0.25) is 0 Å². The normalized spacial score (nSPS) is 19.6. The minimum Gasteiger partial charge on any atom is -0.490 e. The molecule has 1 aliphatic rings. The first kappa shape index (κ1) is 16.3. The van der Waals surface area contributed by atoms with Gasteiger partial charge >= 0.3 is 0 Å². The van der Waals surface area contributed by atoms with E-state index in [0.29, 0.717) is 12.8 Å². The Labute approximate surface area is 130 Å². The molecular weight excluding hydrogens is 282 g/mol. The van der Waals surface area contributed by atoms with Gasteiger partial charge in [-0.1, -0.05) is 11.8 Å². The van der Waals surface area contributed by atoms with Gasteiger partial charge in [0.15, 0.2) is 0 Å². The molecule has 118 valence electrons. The molecule has 1 aromatic carbocycles. The standard InChI is InChI=1S/C17H21NO4/c1-18(2)17(20)12-21-9-3-4-13-5-7-15(8-6-13)22-16-10-14(19)11-16/h5-8,14,16,19H,9-12H2,1-2H3. The molecule has 2 rings (SSSR count). The van der Waals surface area contributed by atoms with Gasteiger partial charge in [-0.2, -0.15) is 0 Å². The summed E-state index contributed by atoms with van der Waals surface area (Å²) in [5.41, 5.74) is 0.864. The van der Waals surface area contributed by atoms with Gasteiger partial charge in [0.05, 0.1) is 6.10 Å². The van der Waals surface area contributed by atoms with E-state index in [4.69, 9.17) is 9.47 Å². The van der Waals surface area contributed by atoms with Crippen LogP contribution in [0.15, 0.2) is 24.3 Å². The molecule has 1 N–H and O–H groups in total. The SMILES string of the molecule is CN(C)C(=O)COCC#Cc1ccc(OC2CC(O)C2)cc1. The van der Waals surface area contributed by atoms with Crippen molar-refractivity contribution in [3.05, 3.63) is 29.8 Å². The summed E-state index contributed by atoms with van der Waals surface area (Å²) in [7, 11) is 3.37. The van der Waals surface area contributed by atoms with E-state index in [1.54, 1.807) is 14.1 Å². The maximum atomic E-state index is 11.3. The number of carbonyl (C=O) groups excluding carboxylic acids is 1. The van der Waals surface area contributed by atoms with E-state index in [1.807, 2.05) is 24.3 Å². The van der Waals surface area contributed by atoms with Crippen LogP contribution in [-0.2, 0) is 9.53 Å². The lowest BCUT2D eigenvalue weighted by atomic mass is 9.92. The summed E-state index contributed by atoms with van der Waals surface area (Å²) in [6, 6.07) is 7.49. The zero-order valence-electron chi connectivity index (χ0n) is 12.9. The molecule has 1 saturated carbocycles. The van der Waals surface area contributed by atoms with Gasteiger partial charge in [-0.3, -0.25) is 4.79 Å². The van der Waals surface area contributed by atoms with Crippen molar-refractivity contribution in [2.24, 2.45) is 0 Å². The number of ether oxygens (including phenoxy) is 2.